The van der Waals surface area contributed by atoms with Crippen LogP contribution in [0.25, 0.3) is 5.65 Å². The molecular formula is C19H16F3N5O2. The van der Waals surface area contributed by atoms with Gasteiger partial charge in [-0.3, -0.25) is 14.0 Å². The molecule has 7 nitrogen and oxygen atoms in total. The lowest BCUT2D eigenvalue weighted by molar-refractivity contribution is -0.137. The zero-order valence-corrected chi connectivity index (χ0v) is 15.1. The topological polar surface area (TPSA) is 70.8 Å². The molecule has 150 valence electrons. The molecule has 1 fully saturated rings. The lowest BCUT2D eigenvalue weighted by atomic mass is 10.1. The van der Waals surface area contributed by atoms with Gasteiger partial charge in [0.2, 0.25) is 0 Å². The van der Waals surface area contributed by atoms with Crippen LogP contribution < -0.4 is 0 Å². The monoisotopic (exact) mass is 403 g/mol. The normalized spacial score (nSPS) is 15.0. The molecule has 29 heavy (non-hydrogen) atoms. The standard InChI is InChI=1S/C19H16F3N5O2/c20-19(21,22)15-3-1-2-13(10-15)17(28)25-6-8-26(9-7-25)18(29)14-4-5-16-24-23-12-27(16)11-14/h1-5,10-12H,6-9H2. The number of hydrogen-bond donors (Lipinski definition) is 0. The first kappa shape index (κ1) is 18.9. The Kier molecular flexibility index (Phi) is 4.69. The highest BCUT2D eigenvalue weighted by atomic mass is 19.4. The quantitative estimate of drug-likeness (QED) is 0.659. The Bertz CT molecular complexity index is 1070. The number of carbonyl (C=O) groups excluding carboxylic acids is 2. The molecule has 0 aliphatic carbocycles. The Morgan fingerprint density at radius 2 is 1.55 bits per heavy atom. The van der Waals surface area contributed by atoms with Crippen LogP contribution in [0.4, 0.5) is 13.2 Å². The SMILES string of the molecule is O=C(c1cccc(C(F)(F)F)c1)N1CCN(C(=O)c2ccc3nncn3c2)CC1. The van der Waals surface area contributed by atoms with Crippen molar-refractivity contribution in [2.24, 2.45) is 0 Å². The molecule has 0 radical (unpaired) electrons. The highest BCUT2D eigenvalue weighted by molar-refractivity contribution is 5.96. The number of piperazine rings is 1. The van der Waals surface area contributed by atoms with Crippen LogP contribution in [0.15, 0.2) is 48.9 Å². The van der Waals surface area contributed by atoms with Crippen molar-refractivity contribution in [3.63, 3.8) is 0 Å². The summed E-state index contributed by atoms with van der Waals surface area (Å²) < 4.78 is 40.3. The third-order valence-electron chi connectivity index (χ3n) is 4.83. The second-order valence-corrected chi connectivity index (χ2v) is 6.68. The smallest absolute Gasteiger partial charge is 0.335 e. The number of aromatic nitrogens is 3. The fourth-order valence-electron chi connectivity index (χ4n) is 3.26. The van der Waals surface area contributed by atoms with Gasteiger partial charge in [-0.25, -0.2) is 0 Å². The lowest BCUT2D eigenvalue weighted by Gasteiger charge is -2.35. The summed E-state index contributed by atoms with van der Waals surface area (Å²) in [5, 5.41) is 7.65. The number of hydrogen-bond acceptors (Lipinski definition) is 4. The average molecular weight is 403 g/mol. The van der Waals surface area contributed by atoms with Gasteiger partial charge in [0, 0.05) is 37.9 Å². The Morgan fingerprint density at radius 1 is 0.897 bits per heavy atom. The maximum atomic E-state index is 12.9. The van der Waals surface area contributed by atoms with Crippen molar-refractivity contribution in [3.8, 4) is 0 Å². The summed E-state index contributed by atoms with van der Waals surface area (Å²) >= 11 is 0. The molecule has 0 saturated carbocycles. The molecule has 0 spiro atoms. The fraction of sp³-hybridized carbons (Fsp3) is 0.263. The van der Waals surface area contributed by atoms with Crippen molar-refractivity contribution in [2.45, 2.75) is 6.18 Å². The predicted molar refractivity (Wildman–Crippen MR) is 96.2 cm³/mol. The Balaban J connectivity index is 1.42. The van der Waals surface area contributed by atoms with Gasteiger partial charge in [0.1, 0.15) is 6.33 Å². The van der Waals surface area contributed by atoms with Crippen molar-refractivity contribution in [2.75, 3.05) is 26.2 Å². The first-order valence-corrected chi connectivity index (χ1v) is 8.88. The predicted octanol–water partition coefficient (Wildman–Crippen LogP) is 2.35. The second kappa shape index (κ2) is 7.19. The van der Waals surface area contributed by atoms with Crippen molar-refractivity contribution in [3.05, 3.63) is 65.6 Å². The number of pyridine rings is 1. The third kappa shape index (κ3) is 3.78. The summed E-state index contributed by atoms with van der Waals surface area (Å²) in [5.41, 5.74) is 0.215. The van der Waals surface area contributed by atoms with E-state index in [2.05, 4.69) is 10.2 Å². The first-order valence-electron chi connectivity index (χ1n) is 8.88. The number of fused-ring (bicyclic) bond motifs is 1. The van der Waals surface area contributed by atoms with Crippen LogP contribution in [0, 0.1) is 0 Å². The summed E-state index contributed by atoms with van der Waals surface area (Å²) in [6.45, 7) is 1.08. The molecule has 0 unspecified atom stereocenters. The van der Waals surface area contributed by atoms with Crippen molar-refractivity contribution < 1.29 is 22.8 Å². The zero-order chi connectivity index (χ0) is 20.6. The highest BCUT2D eigenvalue weighted by Gasteiger charge is 2.32. The molecule has 1 aliphatic heterocycles. The number of carbonyl (C=O) groups is 2. The van der Waals surface area contributed by atoms with Gasteiger partial charge >= 0.3 is 6.18 Å². The molecule has 2 aromatic heterocycles. The summed E-state index contributed by atoms with van der Waals surface area (Å²) in [5.74, 6) is -0.666. The summed E-state index contributed by atoms with van der Waals surface area (Å²) in [6, 6.07) is 7.72. The van der Waals surface area contributed by atoms with E-state index >= 15 is 0 Å². The molecule has 3 heterocycles. The van der Waals surface area contributed by atoms with E-state index in [1.54, 1.807) is 27.6 Å². The highest BCUT2D eigenvalue weighted by Crippen LogP contribution is 2.29. The van der Waals surface area contributed by atoms with Gasteiger partial charge < -0.3 is 9.80 Å². The molecule has 3 aromatic rings. The average Bonchev–Trinajstić information content (AvgIpc) is 3.20. The Morgan fingerprint density at radius 3 is 2.21 bits per heavy atom. The van der Waals surface area contributed by atoms with E-state index in [9.17, 15) is 22.8 Å². The van der Waals surface area contributed by atoms with Crippen LogP contribution in [0.2, 0.25) is 0 Å². The van der Waals surface area contributed by atoms with E-state index in [0.29, 0.717) is 24.3 Å². The molecule has 4 rings (SSSR count). The maximum Gasteiger partial charge on any atom is 0.416 e. The van der Waals surface area contributed by atoms with Gasteiger partial charge in [0.15, 0.2) is 5.65 Å². The molecule has 1 aromatic carbocycles. The van der Waals surface area contributed by atoms with Gasteiger partial charge in [-0.1, -0.05) is 6.07 Å². The van der Waals surface area contributed by atoms with E-state index in [4.69, 9.17) is 0 Å². The molecule has 1 aliphatic rings. The largest absolute Gasteiger partial charge is 0.416 e. The Hall–Kier alpha value is -3.43. The van der Waals surface area contributed by atoms with Crippen LogP contribution in [-0.4, -0.2) is 62.4 Å². The number of halogens is 3. The van der Waals surface area contributed by atoms with Crippen LogP contribution in [0.1, 0.15) is 26.3 Å². The molecular weight excluding hydrogens is 387 g/mol. The van der Waals surface area contributed by atoms with Crippen LogP contribution in [-0.2, 0) is 6.18 Å². The molecule has 0 atom stereocenters. The molecule has 1 saturated heterocycles. The van der Waals surface area contributed by atoms with Crippen LogP contribution in [0.3, 0.4) is 0 Å². The maximum absolute atomic E-state index is 12.9. The van der Waals surface area contributed by atoms with Gasteiger partial charge in [-0.2, -0.15) is 13.2 Å². The zero-order valence-electron chi connectivity index (χ0n) is 15.1. The number of amides is 2. The number of rotatable bonds is 2. The van der Waals surface area contributed by atoms with Crippen LogP contribution in [0.5, 0.6) is 0 Å². The molecule has 2 amide bonds. The second-order valence-electron chi connectivity index (χ2n) is 6.68. The fourth-order valence-corrected chi connectivity index (χ4v) is 3.26. The minimum atomic E-state index is -4.51. The molecule has 0 bridgehead atoms. The van der Waals surface area contributed by atoms with Crippen LogP contribution >= 0.6 is 0 Å². The van der Waals surface area contributed by atoms with E-state index < -0.39 is 17.6 Å². The van der Waals surface area contributed by atoms with Gasteiger partial charge in [0.05, 0.1) is 11.1 Å². The summed E-state index contributed by atoms with van der Waals surface area (Å²) in [6.07, 6.45) is -1.37. The van der Waals surface area contributed by atoms with Gasteiger partial charge in [0.25, 0.3) is 11.8 Å². The van der Waals surface area contributed by atoms with E-state index in [1.165, 1.54) is 23.4 Å². The van der Waals surface area contributed by atoms with E-state index in [-0.39, 0.29) is 24.6 Å². The summed E-state index contributed by atoms with van der Waals surface area (Å²) in [4.78, 5) is 28.4. The lowest BCUT2D eigenvalue weighted by Crippen LogP contribution is -2.50. The number of benzene rings is 1. The molecule has 10 heteroatoms. The van der Waals surface area contributed by atoms with E-state index in [1.807, 2.05) is 0 Å². The minimum Gasteiger partial charge on any atom is -0.335 e. The Labute approximate surface area is 163 Å². The first-order chi connectivity index (χ1) is 13.8. The number of nitrogens with zero attached hydrogens (tertiary/aromatic N) is 5. The number of alkyl halides is 3. The van der Waals surface area contributed by atoms with Gasteiger partial charge in [-0.15, -0.1) is 10.2 Å². The minimum absolute atomic E-state index is 0.0161. The molecule has 0 N–H and O–H groups in total. The van der Waals surface area contributed by atoms with Crippen molar-refractivity contribution in [1.82, 2.24) is 24.4 Å². The summed E-state index contributed by atoms with van der Waals surface area (Å²) in [7, 11) is 0. The van der Waals surface area contributed by atoms with Gasteiger partial charge in [-0.05, 0) is 30.3 Å². The van der Waals surface area contributed by atoms with E-state index in [0.717, 1.165) is 12.1 Å². The third-order valence-corrected chi connectivity index (χ3v) is 4.83. The van der Waals surface area contributed by atoms with Crippen molar-refractivity contribution >= 4 is 17.5 Å². The van der Waals surface area contributed by atoms with Crippen molar-refractivity contribution in [1.29, 1.82) is 0 Å².